The van der Waals surface area contributed by atoms with Crippen molar-refractivity contribution in [1.82, 2.24) is 0 Å². The Labute approximate surface area is 144 Å². The van der Waals surface area contributed by atoms with Crippen LogP contribution in [0.1, 0.15) is 85.0 Å². The van der Waals surface area contributed by atoms with E-state index < -0.39 is 0 Å². The second kappa shape index (κ2) is 5.92. The molecule has 0 nitrogen and oxygen atoms in total. The third kappa shape index (κ3) is 2.46. The van der Waals surface area contributed by atoms with Gasteiger partial charge in [-0.2, -0.15) is 0 Å². The second-order valence-electron chi connectivity index (χ2n) is 10.0. The van der Waals surface area contributed by atoms with Crippen LogP contribution < -0.4 is 0 Å². The molecule has 0 radical (unpaired) electrons. The van der Waals surface area contributed by atoms with Gasteiger partial charge in [-0.1, -0.05) is 39.3 Å². The molecule has 8 unspecified atom stereocenters. The summed E-state index contributed by atoms with van der Waals surface area (Å²) >= 11 is 0. The molecule has 23 heavy (non-hydrogen) atoms. The van der Waals surface area contributed by atoms with E-state index in [2.05, 4.69) is 27.4 Å². The Morgan fingerprint density at radius 3 is 2.52 bits per heavy atom. The molecular formula is C23H38. The molecule has 130 valence electrons. The summed E-state index contributed by atoms with van der Waals surface area (Å²) in [4.78, 5) is 0. The molecule has 8 atom stereocenters. The monoisotopic (exact) mass is 314 g/mol. The zero-order valence-corrected chi connectivity index (χ0v) is 15.8. The molecule has 4 saturated carbocycles. The van der Waals surface area contributed by atoms with E-state index in [0.717, 1.165) is 41.4 Å². The van der Waals surface area contributed by atoms with Gasteiger partial charge >= 0.3 is 0 Å². The van der Waals surface area contributed by atoms with Crippen LogP contribution in [0.25, 0.3) is 0 Å². The standard InChI is InChI=1S/C23H38/c1-5-16(3)21-10-11-22-20-9-7-17-14-15(2)6-8-18(17)19(20)12-13-23(21,22)4/h15,17-22H,3,5-14H2,1-2,4H3. The highest BCUT2D eigenvalue weighted by Gasteiger charge is 2.56. The molecule has 4 rings (SSSR count). The van der Waals surface area contributed by atoms with Crippen LogP contribution in [0.15, 0.2) is 12.2 Å². The average molecular weight is 315 g/mol. The third-order valence-corrected chi connectivity index (χ3v) is 9.16. The van der Waals surface area contributed by atoms with E-state index in [1.807, 2.05) is 0 Å². The normalized spacial score (nSPS) is 52.4. The first-order chi connectivity index (χ1) is 11.0. The van der Waals surface area contributed by atoms with Crippen LogP contribution in [-0.2, 0) is 0 Å². The van der Waals surface area contributed by atoms with Crippen LogP contribution in [0.2, 0.25) is 0 Å². The SMILES string of the molecule is C=C(CC)C1CCC2C3CCC4CC(C)CCC4C3CCC12C. The quantitative estimate of drug-likeness (QED) is 0.488. The molecule has 0 heteroatoms. The minimum absolute atomic E-state index is 0.600. The van der Waals surface area contributed by atoms with Crippen molar-refractivity contribution in [2.24, 2.45) is 46.8 Å². The van der Waals surface area contributed by atoms with Crippen LogP contribution in [0.4, 0.5) is 0 Å². The van der Waals surface area contributed by atoms with Gasteiger partial charge in [0.1, 0.15) is 0 Å². The fourth-order valence-corrected chi connectivity index (χ4v) is 8.00. The molecule has 0 spiro atoms. The van der Waals surface area contributed by atoms with Gasteiger partial charge in [0.2, 0.25) is 0 Å². The molecule has 0 aromatic carbocycles. The van der Waals surface area contributed by atoms with Crippen LogP contribution in [0.3, 0.4) is 0 Å². The van der Waals surface area contributed by atoms with Crippen molar-refractivity contribution in [3.05, 3.63) is 12.2 Å². The van der Waals surface area contributed by atoms with Gasteiger partial charge in [-0.25, -0.2) is 0 Å². The molecule has 0 bridgehead atoms. The van der Waals surface area contributed by atoms with E-state index in [-0.39, 0.29) is 0 Å². The predicted octanol–water partition coefficient (Wildman–Crippen LogP) is 6.86. The van der Waals surface area contributed by atoms with Gasteiger partial charge in [-0.05, 0) is 105 Å². The summed E-state index contributed by atoms with van der Waals surface area (Å²) in [6.07, 6.45) is 14.9. The average Bonchev–Trinajstić information content (AvgIpc) is 2.90. The molecule has 0 saturated heterocycles. The highest BCUT2D eigenvalue weighted by atomic mass is 14.6. The van der Waals surface area contributed by atoms with Crippen molar-refractivity contribution in [2.75, 3.05) is 0 Å². The first kappa shape index (κ1) is 16.2. The van der Waals surface area contributed by atoms with Crippen molar-refractivity contribution in [3.8, 4) is 0 Å². The predicted molar refractivity (Wildman–Crippen MR) is 99.2 cm³/mol. The zero-order chi connectivity index (χ0) is 16.2. The van der Waals surface area contributed by atoms with Crippen molar-refractivity contribution in [1.29, 1.82) is 0 Å². The van der Waals surface area contributed by atoms with Crippen molar-refractivity contribution in [2.45, 2.75) is 85.0 Å². The maximum atomic E-state index is 4.47. The fraction of sp³-hybridized carbons (Fsp3) is 0.913. The molecule has 0 N–H and O–H groups in total. The highest BCUT2D eigenvalue weighted by Crippen LogP contribution is 2.65. The minimum atomic E-state index is 0.600. The van der Waals surface area contributed by atoms with Gasteiger partial charge in [0.15, 0.2) is 0 Å². The van der Waals surface area contributed by atoms with Crippen LogP contribution in [0.5, 0.6) is 0 Å². The van der Waals surface area contributed by atoms with E-state index in [9.17, 15) is 0 Å². The summed E-state index contributed by atoms with van der Waals surface area (Å²) in [5, 5.41) is 0. The van der Waals surface area contributed by atoms with Gasteiger partial charge in [-0.3, -0.25) is 0 Å². The number of hydrogen-bond acceptors (Lipinski definition) is 0. The lowest BCUT2D eigenvalue weighted by Gasteiger charge is -2.56. The molecule has 4 fully saturated rings. The van der Waals surface area contributed by atoms with E-state index in [1.165, 1.54) is 32.1 Å². The number of rotatable bonds is 2. The molecule has 0 amide bonds. The van der Waals surface area contributed by atoms with E-state index in [0.29, 0.717) is 5.41 Å². The fourth-order valence-electron chi connectivity index (χ4n) is 8.00. The Balaban J connectivity index is 1.55. The molecule has 0 aromatic rings. The summed E-state index contributed by atoms with van der Waals surface area (Å²) in [5.74, 6) is 7.21. The lowest BCUT2D eigenvalue weighted by Crippen LogP contribution is -2.48. The molecule has 4 aliphatic rings. The molecular weight excluding hydrogens is 276 g/mol. The first-order valence-corrected chi connectivity index (χ1v) is 10.7. The van der Waals surface area contributed by atoms with E-state index >= 15 is 0 Å². The lowest BCUT2D eigenvalue weighted by atomic mass is 9.49. The smallest absolute Gasteiger partial charge is 0.0149 e. The molecule has 4 aliphatic carbocycles. The summed E-state index contributed by atoms with van der Waals surface area (Å²) in [6.45, 7) is 11.9. The second-order valence-corrected chi connectivity index (χ2v) is 10.0. The van der Waals surface area contributed by atoms with E-state index in [4.69, 9.17) is 0 Å². The highest BCUT2D eigenvalue weighted by molar-refractivity contribution is 5.15. The maximum Gasteiger partial charge on any atom is -0.0149 e. The summed E-state index contributed by atoms with van der Waals surface area (Å²) in [5.41, 5.74) is 2.16. The van der Waals surface area contributed by atoms with Crippen LogP contribution in [-0.4, -0.2) is 0 Å². The van der Waals surface area contributed by atoms with Gasteiger partial charge in [0.05, 0.1) is 0 Å². The summed E-state index contributed by atoms with van der Waals surface area (Å²) in [6, 6.07) is 0. The maximum absolute atomic E-state index is 4.47. The Kier molecular flexibility index (Phi) is 4.18. The zero-order valence-electron chi connectivity index (χ0n) is 15.8. The van der Waals surface area contributed by atoms with Crippen LogP contribution >= 0.6 is 0 Å². The number of hydrogen-bond donors (Lipinski definition) is 0. The number of fused-ring (bicyclic) bond motifs is 5. The first-order valence-electron chi connectivity index (χ1n) is 10.7. The van der Waals surface area contributed by atoms with Gasteiger partial charge in [-0.15, -0.1) is 0 Å². The van der Waals surface area contributed by atoms with Gasteiger partial charge < -0.3 is 0 Å². The Bertz CT molecular complexity index is 463. The van der Waals surface area contributed by atoms with Crippen molar-refractivity contribution >= 4 is 0 Å². The molecule has 0 aliphatic heterocycles. The van der Waals surface area contributed by atoms with Crippen molar-refractivity contribution in [3.63, 3.8) is 0 Å². The minimum Gasteiger partial charge on any atom is -0.0996 e. The van der Waals surface area contributed by atoms with E-state index in [1.54, 1.807) is 37.7 Å². The Morgan fingerprint density at radius 2 is 1.74 bits per heavy atom. The summed E-state index contributed by atoms with van der Waals surface area (Å²) < 4.78 is 0. The third-order valence-electron chi connectivity index (χ3n) is 9.16. The van der Waals surface area contributed by atoms with Gasteiger partial charge in [0, 0.05) is 0 Å². The molecule has 0 heterocycles. The Hall–Kier alpha value is -0.260. The lowest BCUT2D eigenvalue weighted by molar-refractivity contribution is -0.0635. The molecule has 0 aromatic heterocycles. The summed E-state index contributed by atoms with van der Waals surface area (Å²) in [7, 11) is 0. The largest absolute Gasteiger partial charge is 0.0996 e. The van der Waals surface area contributed by atoms with Crippen LogP contribution in [0, 0.1) is 46.8 Å². The Morgan fingerprint density at radius 1 is 0.957 bits per heavy atom. The van der Waals surface area contributed by atoms with Gasteiger partial charge in [0.25, 0.3) is 0 Å². The van der Waals surface area contributed by atoms with Crippen molar-refractivity contribution < 1.29 is 0 Å². The number of allylic oxidation sites excluding steroid dienone is 1. The topological polar surface area (TPSA) is 0 Å².